The number of ketones is 1. The third kappa shape index (κ3) is 3.12. The monoisotopic (exact) mass is 300 g/mol. The molecule has 0 aliphatic rings. The van der Waals surface area contributed by atoms with Crippen LogP contribution in [-0.2, 0) is 11.2 Å². The van der Waals surface area contributed by atoms with E-state index in [1.807, 2.05) is 31.2 Å². The summed E-state index contributed by atoms with van der Waals surface area (Å²) >= 11 is 0. The van der Waals surface area contributed by atoms with E-state index in [4.69, 9.17) is 4.74 Å². The Balaban J connectivity index is 2.75. The SMILES string of the molecule is COCCc1c(C(C)=O)c(O)cc(O)c1-c1cccc(C)c1. The van der Waals surface area contributed by atoms with Crippen molar-refractivity contribution in [2.45, 2.75) is 20.3 Å². The van der Waals surface area contributed by atoms with E-state index in [0.29, 0.717) is 24.2 Å². The molecule has 2 N–H and O–H groups in total. The Hall–Kier alpha value is -2.33. The molecule has 2 rings (SSSR count). The maximum absolute atomic E-state index is 11.9. The lowest BCUT2D eigenvalue weighted by Crippen LogP contribution is -2.06. The molecule has 2 aromatic carbocycles. The minimum absolute atomic E-state index is 0.0424. The van der Waals surface area contributed by atoms with Crippen molar-refractivity contribution in [2.75, 3.05) is 13.7 Å². The normalized spacial score (nSPS) is 10.7. The number of aryl methyl sites for hydroxylation is 1. The molecule has 0 fully saturated rings. The summed E-state index contributed by atoms with van der Waals surface area (Å²) in [6.45, 7) is 3.76. The van der Waals surface area contributed by atoms with Crippen molar-refractivity contribution in [3.8, 4) is 22.6 Å². The second-order valence-electron chi connectivity index (χ2n) is 5.31. The summed E-state index contributed by atoms with van der Waals surface area (Å²) < 4.78 is 5.10. The summed E-state index contributed by atoms with van der Waals surface area (Å²) in [6.07, 6.45) is 0.427. The average molecular weight is 300 g/mol. The van der Waals surface area contributed by atoms with Crippen LogP contribution in [-0.4, -0.2) is 29.7 Å². The zero-order chi connectivity index (χ0) is 16.3. The van der Waals surface area contributed by atoms with E-state index in [9.17, 15) is 15.0 Å². The van der Waals surface area contributed by atoms with Gasteiger partial charge in [0.25, 0.3) is 0 Å². The van der Waals surface area contributed by atoms with Gasteiger partial charge in [0.1, 0.15) is 11.5 Å². The van der Waals surface area contributed by atoms with Gasteiger partial charge < -0.3 is 14.9 Å². The number of phenolic OH excluding ortho intramolecular Hbond substituents is 2. The maximum Gasteiger partial charge on any atom is 0.163 e. The lowest BCUT2D eigenvalue weighted by atomic mass is 9.90. The Labute approximate surface area is 130 Å². The first-order chi connectivity index (χ1) is 10.5. The van der Waals surface area contributed by atoms with Crippen molar-refractivity contribution in [1.29, 1.82) is 0 Å². The van der Waals surface area contributed by atoms with E-state index in [2.05, 4.69) is 0 Å². The summed E-state index contributed by atoms with van der Waals surface area (Å²) in [6, 6.07) is 8.89. The smallest absolute Gasteiger partial charge is 0.163 e. The van der Waals surface area contributed by atoms with Crippen LogP contribution in [0.2, 0.25) is 0 Å². The van der Waals surface area contributed by atoms with Gasteiger partial charge in [-0.3, -0.25) is 4.79 Å². The zero-order valence-corrected chi connectivity index (χ0v) is 13.0. The molecule has 2 aromatic rings. The van der Waals surface area contributed by atoms with Crippen molar-refractivity contribution in [2.24, 2.45) is 0 Å². The van der Waals surface area contributed by atoms with Gasteiger partial charge in [-0.05, 0) is 31.4 Å². The highest BCUT2D eigenvalue weighted by molar-refractivity contribution is 6.01. The fourth-order valence-electron chi connectivity index (χ4n) is 2.68. The molecule has 0 spiro atoms. The predicted octanol–water partition coefficient (Wildman–Crippen LogP) is 3.46. The number of Topliss-reactive ketones (excluding diaryl/α,β-unsaturated/α-hetero) is 1. The Morgan fingerprint density at radius 3 is 2.50 bits per heavy atom. The quantitative estimate of drug-likeness (QED) is 0.830. The van der Waals surface area contributed by atoms with Gasteiger partial charge in [-0.1, -0.05) is 29.8 Å². The molecule has 22 heavy (non-hydrogen) atoms. The summed E-state index contributed by atoms with van der Waals surface area (Å²) in [7, 11) is 1.57. The Morgan fingerprint density at radius 1 is 1.18 bits per heavy atom. The highest BCUT2D eigenvalue weighted by Crippen LogP contribution is 2.40. The van der Waals surface area contributed by atoms with Crippen LogP contribution >= 0.6 is 0 Å². The van der Waals surface area contributed by atoms with Gasteiger partial charge in [0.15, 0.2) is 5.78 Å². The standard InChI is InChI=1S/C18H20O4/c1-11-5-4-6-13(9-11)18-14(7-8-22-3)17(12(2)19)15(20)10-16(18)21/h4-6,9-10,20-21H,7-8H2,1-3H3. The van der Waals surface area contributed by atoms with Crippen LogP contribution < -0.4 is 0 Å². The molecular weight excluding hydrogens is 280 g/mol. The molecule has 0 saturated carbocycles. The van der Waals surface area contributed by atoms with Crippen molar-refractivity contribution in [1.82, 2.24) is 0 Å². The lowest BCUT2D eigenvalue weighted by molar-refractivity contribution is 0.101. The molecule has 0 aliphatic carbocycles. The first-order valence-electron chi connectivity index (χ1n) is 7.10. The van der Waals surface area contributed by atoms with E-state index in [0.717, 1.165) is 11.1 Å². The fraction of sp³-hybridized carbons (Fsp3) is 0.278. The lowest BCUT2D eigenvalue weighted by Gasteiger charge is -2.17. The van der Waals surface area contributed by atoms with E-state index < -0.39 is 0 Å². The molecule has 0 aromatic heterocycles. The fourth-order valence-corrected chi connectivity index (χ4v) is 2.68. The third-order valence-electron chi connectivity index (χ3n) is 3.60. The highest BCUT2D eigenvalue weighted by atomic mass is 16.5. The number of carbonyl (C=O) groups excluding carboxylic acids is 1. The van der Waals surface area contributed by atoms with Crippen LogP contribution in [0.1, 0.15) is 28.4 Å². The third-order valence-corrected chi connectivity index (χ3v) is 3.60. The molecule has 0 radical (unpaired) electrons. The number of aromatic hydroxyl groups is 2. The Morgan fingerprint density at radius 2 is 1.91 bits per heavy atom. The summed E-state index contributed by atoms with van der Waals surface area (Å²) in [5.74, 6) is -0.482. The second-order valence-corrected chi connectivity index (χ2v) is 5.31. The van der Waals surface area contributed by atoms with Crippen LogP contribution in [0.5, 0.6) is 11.5 Å². The van der Waals surface area contributed by atoms with E-state index >= 15 is 0 Å². The predicted molar refractivity (Wildman–Crippen MR) is 85.5 cm³/mol. The Kier molecular flexibility index (Phi) is 4.83. The van der Waals surface area contributed by atoms with Crippen LogP contribution in [0.25, 0.3) is 11.1 Å². The second kappa shape index (κ2) is 6.62. The van der Waals surface area contributed by atoms with Crippen LogP contribution in [0.3, 0.4) is 0 Å². The summed E-state index contributed by atoms with van der Waals surface area (Å²) in [4.78, 5) is 11.9. The number of methoxy groups -OCH3 is 1. The van der Waals surface area contributed by atoms with Gasteiger partial charge in [-0.2, -0.15) is 0 Å². The molecule has 0 unspecified atom stereocenters. The number of carbonyl (C=O) groups is 1. The molecule has 0 bridgehead atoms. The van der Waals surface area contributed by atoms with Crippen molar-refractivity contribution >= 4 is 5.78 Å². The van der Waals surface area contributed by atoms with E-state index in [1.54, 1.807) is 7.11 Å². The van der Waals surface area contributed by atoms with E-state index in [1.165, 1.54) is 13.0 Å². The number of benzene rings is 2. The molecule has 116 valence electrons. The number of phenols is 2. The van der Waals surface area contributed by atoms with Gasteiger partial charge in [0, 0.05) is 18.7 Å². The maximum atomic E-state index is 11.9. The van der Waals surface area contributed by atoms with Crippen molar-refractivity contribution in [3.05, 3.63) is 47.0 Å². The van der Waals surface area contributed by atoms with Crippen LogP contribution in [0, 0.1) is 6.92 Å². The number of ether oxygens (including phenoxy) is 1. The topological polar surface area (TPSA) is 66.8 Å². The molecule has 0 atom stereocenters. The molecular formula is C18H20O4. The molecule has 4 nitrogen and oxygen atoms in total. The summed E-state index contributed by atoms with van der Waals surface area (Å²) in [5.41, 5.74) is 3.28. The average Bonchev–Trinajstić information content (AvgIpc) is 2.43. The van der Waals surface area contributed by atoms with Gasteiger partial charge in [0.05, 0.1) is 12.2 Å². The first-order valence-corrected chi connectivity index (χ1v) is 7.10. The van der Waals surface area contributed by atoms with Gasteiger partial charge in [0.2, 0.25) is 0 Å². The zero-order valence-electron chi connectivity index (χ0n) is 13.0. The van der Waals surface area contributed by atoms with Gasteiger partial charge >= 0.3 is 0 Å². The molecule has 0 heterocycles. The number of rotatable bonds is 5. The molecule has 4 heteroatoms. The largest absolute Gasteiger partial charge is 0.507 e. The highest BCUT2D eigenvalue weighted by Gasteiger charge is 2.21. The number of hydrogen-bond acceptors (Lipinski definition) is 4. The minimum Gasteiger partial charge on any atom is -0.507 e. The number of hydrogen-bond donors (Lipinski definition) is 2. The molecule has 0 aliphatic heterocycles. The Bertz CT molecular complexity index is 704. The van der Waals surface area contributed by atoms with Gasteiger partial charge in [-0.15, -0.1) is 0 Å². The van der Waals surface area contributed by atoms with Gasteiger partial charge in [-0.25, -0.2) is 0 Å². The van der Waals surface area contributed by atoms with E-state index in [-0.39, 0.29) is 22.8 Å². The van der Waals surface area contributed by atoms with Crippen molar-refractivity contribution < 1.29 is 19.7 Å². The van der Waals surface area contributed by atoms with Crippen LogP contribution in [0.15, 0.2) is 30.3 Å². The molecule has 0 saturated heterocycles. The first kappa shape index (κ1) is 16.0. The van der Waals surface area contributed by atoms with Crippen LogP contribution in [0.4, 0.5) is 0 Å². The van der Waals surface area contributed by atoms with Crippen molar-refractivity contribution in [3.63, 3.8) is 0 Å². The summed E-state index contributed by atoms with van der Waals surface area (Å²) in [5, 5.41) is 20.4. The minimum atomic E-state index is -0.238. The molecule has 0 amide bonds.